The molecule has 2 aliphatic rings. The van der Waals surface area contributed by atoms with Gasteiger partial charge >= 0.3 is 12.1 Å². The summed E-state index contributed by atoms with van der Waals surface area (Å²) in [5.41, 5.74) is 12.7. The van der Waals surface area contributed by atoms with E-state index in [1.165, 1.54) is 6.33 Å². The normalized spacial score (nSPS) is 10.8. The molecular formula is C22H27N7O5. The van der Waals surface area contributed by atoms with Crippen molar-refractivity contribution in [2.45, 2.75) is 26.4 Å². The van der Waals surface area contributed by atoms with Crippen molar-refractivity contribution in [3.8, 4) is 11.5 Å². The highest BCUT2D eigenvalue weighted by molar-refractivity contribution is 5.97. The van der Waals surface area contributed by atoms with Gasteiger partial charge in [0.25, 0.3) is 5.91 Å². The van der Waals surface area contributed by atoms with E-state index in [1.54, 1.807) is 24.3 Å². The lowest BCUT2D eigenvalue weighted by Crippen LogP contribution is -2.42. The van der Waals surface area contributed by atoms with Crippen LogP contribution in [-0.4, -0.2) is 68.6 Å². The molecule has 1 amide bonds. The van der Waals surface area contributed by atoms with E-state index in [-0.39, 0.29) is 49.5 Å². The molecule has 12 heteroatoms. The number of anilines is 1. The van der Waals surface area contributed by atoms with Gasteiger partial charge in [-0.05, 0) is 12.0 Å². The second-order valence-corrected chi connectivity index (χ2v) is 7.34. The number of carbonyl (C=O) groups is 3. The van der Waals surface area contributed by atoms with Crippen molar-refractivity contribution >= 4 is 23.8 Å². The van der Waals surface area contributed by atoms with Gasteiger partial charge in [-0.15, -0.1) is 0 Å². The number of nitrogens with zero attached hydrogens (tertiary/aromatic N) is 5. The highest BCUT2D eigenvalue weighted by atomic mass is 16.6. The Balaban J connectivity index is 1.87. The Morgan fingerprint density at radius 3 is 2.59 bits per heavy atom. The van der Waals surface area contributed by atoms with Crippen molar-refractivity contribution in [2.24, 2.45) is 5.73 Å². The molecule has 0 saturated carbocycles. The predicted octanol–water partition coefficient (Wildman–Crippen LogP) is 1.55. The summed E-state index contributed by atoms with van der Waals surface area (Å²) in [7, 11) is 0. The molecule has 4 N–H and O–H groups in total. The number of amides is 1. The van der Waals surface area contributed by atoms with Crippen molar-refractivity contribution in [3.05, 3.63) is 48.0 Å². The Morgan fingerprint density at radius 1 is 1.12 bits per heavy atom. The number of unbranched alkanes of at least 4 members (excludes halogenated alkanes) is 1. The van der Waals surface area contributed by atoms with Crippen molar-refractivity contribution < 1.29 is 23.9 Å². The number of hydrogen-bond donors (Lipinski definition) is 2. The molecule has 0 radical (unpaired) electrons. The Hall–Kier alpha value is -4.06. The average molecular weight is 470 g/mol. The fourth-order valence-electron chi connectivity index (χ4n) is 3.09. The Bertz CT molecular complexity index is 1100. The first-order valence-electron chi connectivity index (χ1n) is 10.8. The summed E-state index contributed by atoms with van der Waals surface area (Å²) in [5.74, 6) is -2.03. The molecular weight excluding hydrogens is 442 g/mol. The molecule has 0 unspecified atom stereocenters. The zero-order valence-electron chi connectivity index (χ0n) is 18.8. The average Bonchev–Trinajstić information content (AvgIpc) is 3.32. The van der Waals surface area contributed by atoms with Crippen LogP contribution in [0.4, 0.5) is 10.6 Å². The Labute approximate surface area is 196 Å². The Kier molecular flexibility index (Phi) is 8.46. The number of imidazole rings is 1. The molecule has 34 heavy (non-hydrogen) atoms. The summed E-state index contributed by atoms with van der Waals surface area (Å²) in [6, 6.07) is 9.02. The van der Waals surface area contributed by atoms with Crippen LogP contribution in [0.2, 0.25) is 0 Å². The van der Waals surface area contributed by atoms with E-state index in [2.05, 4.69) is 15.0 Å². The number of nitrogens with two attached hydrogens (primary N) is 2. The largest absolute Gasteiger partial charge is 0.455 e. The fraction of sp³-hybridized carbons (Fsp3) is 0.364. The first kappa shape index (κ1) is 24.6. The van der Waals surface area contributed by atoms with Crippen LogP contribution in [0.15, 0.2) is 36.7 Å². The molecule has 1 aromatic carbocycles. The number of carbonyl (C=O) groups excluding carboxylic acids is 3. The van der Waals surface area contributed by atoms with Crippen LogP contribution in [0.25, 0.3) is 11.5 Å². The van der Waals surface area contributed by atoms with E-state index in [4.69, 9.17) is 20.9 Å². The number of rotatable bonds is 10. The van der Waals surface area contributed by atoms with Gasteiger partial charge in [0, 0.05) is 13.1 Å². The SMILES string of the molecule is CCCCOC(=O)N(CCN)CC(=O)n1c(C(=O)OCc2ccccc2)nc2ncnc-2c1N. The van der Waals surface area contributed by atoms with Crippen LogP contribution in [0.5, 0.6) is 0 Å². The summed E-state index contributed by atoms with van der Waals surface area (Å²) < 4.78 is 11.4. The van der Waals surface area contributed by atoms with E-state index < -0.39 is 24.5 Å². The van der Waals surface area contributed by atoms with E-state index >= 15 is 0 Å². The molecule has 0 fully saturated rings. The first-order chi connectivity index (χ1) is 16.5. The first-order valence-corrected chi connectivity index (χ1v) is 10.8. The van der Waals surface area contributed by atoms with Crippen molar-refractivity contribution in [3.63, 3.8) is 0 Å². The molecule has 1 aromatic rings. The number of benzene rings is 1. The lowest BCUT2D eigenvalue weighted by molar-refractivity contribution is 0.0444. The second kappa shape index (κ2) is 11.7. The van der Waals surface area contributed by atoms with Crippen molar-refractivity contribution in [1.82, 2.24) is 24.4 Å². The maximum Gasteiger partial charge on any atom is 0.410 e. The summed E-state index contributed by atoms with van der Waals surface area (Å²) in [5, 5.41) is 0. The number of nitrogen functional groups attached to an aromatic ring is 1. The number of esters is 1. The number of aromatic nitrogens is 4. The molecule has 180 valence electrons. The minimum atomic E-state index is -0.885. The molecule has 3 rings (SSSR count). The molecule has 12 nitrogen and oxygen atoms in total. The number of ether oxygens (including phenoxy) is 2. The predicted molar refractivity (Wildman–Crippen MR) is 122 cm³/mol. The molecule has 0 bridgehead atoms. The van der Waals surface area contributed by atoms with E-state index in [9.17, 15) is 14.4 Å². The van der Waals surface area contributed by atoms with E-state index in [0.717, 1.165) is 21.5 Å². The molecule has 0 aromatic heterocycles. The highest BCUT2D eigenvalue weighted by Gasteiger charge is 2.29. The molecule has 2 heterocycles. The third kappa shape index (κ3) is 5.84. The van der Waals surface area contributed by atoms with Crippen LogP contribution in [0.3, 0.4) is 0 Å². The molecule has 0 spiro atoms. The van der Waals surface area contributed by atoms with Gasteiger partial charge in [0.2, 0.25) is 5.82 Å². The lowest BCUT2D eigenvalue weighted by atomic mass is 10.2. The van der Waals surface area contributed by atoms with Gasteiger partial charge in [-0.25, -0.2) is 29.1 Å². The zero-order chi connectivity index (χ0) is 24.5. The fourth-order valence-corrected chi connectivity index (χ4v) is 3.09. The van der Waals surface area contributed by atoms with Gasteiger partial charge in [0.15, 0.2) is 11.5 Å². The highest BCUT2D eigenvalue weighted by Crippen LogP contribution is 2.24. The summed E-state index contributed by atoms with van der Waals surface area (Å²) >= 11 is 0. The second-order valence-electron chi connectivity index (χ2n) is 7.34. The topological polar surface area (TPSA) is 169 Å². The Morgan fingerprint density at radius 2 is 1.88 bits per heavy atom. The summed E-state index contributed by atoms with van der Waals surface area (Å²) in [6.45, 7) is 1.86. The summed E-state index contributed by atoms with van der Waals surface area (Å²) in [4.78, 5) is 51.8. The van der Waals surface area contributed by atoms with Gasteiger partial charge in [-0.3, -0.25) is 9.69 Å². The van der Waals surface area contributed by atoms with Crippen LogP contribution in [-0.2, 0) is 16.1 Å². The molecule has 2 aliphatic heterocycles. The van der Waals surface area contributed by atoms with E-state index in [0.29, 0.717) is 6.42 Å². The quantitative estimate of drug-likeness (QED) is 0.328. The lowest BCUT2D eigenvalue weighted by Gasteiger charge is -2.22. The maximum atomic E-state index is 13.2. The monoisotopic (exact) mass is 469 g/mol. The van der Waals surface area contributed by atoms with Crippen molar-refractivity contribution in [1.29, 1.82) is 0 Å². The van der Waals surface area contributed by atoms with Crippen LogP contribution < -0.4 is 11.5 Å². The van der Waals surface area contributed by atoms with E-state index in [1.807, 2.05) is 13.0 Å². The molecule has 0 saturated heterocycles. The number of hydrogen-bond acceptors (Lipinski definition) is 10. The smallest absolute Gasteiger partial charge is 0.410 e. The zero-order valence-corrected chi connectivity index (χ0v) is 18.8. The van der Waals surface area contributed by atoms with Gasteiger partial charge < -0.3 is 20.9 Å². The van der Waals surface area contributed by atoms with Gasteiger partial charge in [0.05, 0.1) is 6.61 Å². The van der Waals surface area contributed by atoms with Crippen LogP contribution >= 0.6 is 0 Å². The number of fused-ring (bicyclic) bond motifs is 1. The van der Waals surface area contributed by atoms with Crippen LogP contribution in [0, 0.1) is 0 Å². The third-order valence-corrected chi connectivity index (χ3v) is 4.84. The molecule has 0 atom stereocenters. The van der Waals surface area contributed by atoms with Crippen molar-refractivity contribution in [2.75, 3.05) is 32.0 Å². The maximum absolute atomic E-state index is 13.2. The minimum Gasteiger partial charge on any atom is -0.455 e. The standard InChI is InChI=1S/C22H27N7O5/c1-2-3-11-33-22(32)28(10-9-23)12-16(30)29-18(24)17-19(26-14-25-17)27-20(29)21(31)34-13-15-7-5-4-6-8-15/h4-8,14H,2-3,9-13,23-24H2,1H3. The minimum absolute atomic E-state index is 0.0385. The van der Waals surface area contributed by atoms with Crippen LogP contribution in [0.1, 0.15) is 40.7 Å². The van der Waals surface area contributed by atoms with Gasteiger partial charge in [-0.2, -0.15) is 0 Å². The van der Waals surface area contributed by atoms with Gasteiger partial charge in [0.1, 0.15) is 25.3 Å². The van der Waals surface area contributed by atoms with Gasteiger partial charge in [-0.1, -0.05) is 43.7 Å². The summed E-state index contributed by atoms with van der Waals surface area (Å²) in [6.07, 6.45) is 2.05. The third-order valence-electron chi connectivity index (χ3n) is 4.84. The molecule has 0 aliphatic carbocycles.